The number of hydroxylamine groups is 1. The van der Waals surface area contributed by atoms with E-state index >= 15 is 0 Å². The zero-order chi connectivity index (χ0) is 20.9. The molecule has 1 saturated heterocycles. The Morgan fingerprint density at radius 3 is 2.21 bits per heavy atom. The van der Waals surface area contributed by atoms with Gasteiger partial charge in [0, 0.05) is 11.3 Å². The molecule has 2 aromatic rings. The zero-order valence-corrected chi connectivity index (χ0v) is 16.5. The fourth-order valence-corrected chi connectivity index (χ4v) is 5.31. The quantitative estimate of drug-likeness (QED) is 0.418. The smallest absolute Gasteiger partial charge is 0.255 e. The highest BCUT2D eigenvalue weighted by Crippen LogP contribution is 2.33. The summed E-state index contributed by atoms with van der Waals surface area (Å²) >= 11 is 0. The largest absolute Gasteiger partial charge is 0.322 e. The minimum absolute atomic E-state index is 0.0545. The van der Waals surface area contributed by atoms with Gasteiger partial charge >= 0.3 is 0 Å². The number of carbonyl (C=O) groups excluding carboxylic acids is 2. The van der Waals surface area contributed by atoms with Crippen molar-refractivity contribution in [3.8, 4) is 0 Å². The first-order chi connectivity index (χ1) is 13.9. The van der Waals surface area contributed by atoms with Crippen LogP contribution in [0.3, 0.4) is 0 Å². The third-order valence-electron chi connectivity index (χ3n) is 5.12. The lowest BCUT2D eigenvalue weighted by molar-refractivity contribution is -0.140. The number of sulfone groups is 1. The van der Waals surface area contributed by atoms with E-state index in [4.69, 9.17) is 5.21 Å². The van der Waals surface area contributed by atoms with Gasteiger partial charge in [0.05, 0.1) is 16.1 Å². The Bertz CT molecular complexity index is 969. The molecule has 4 N–H and O–H groups in total. The van der Waals surface area contributed by atoms with E-state index in [1.807, 2.05) is 6.07 Å². The third kappa shape index (κ3) is 4.81. The van der Waals surface area contributed by atoms with Gasteiger partial charge in [-0.3, -0.25) is 14.8 Å². The van der Waals surface area contributed by atoms with Gasteiger partial charge in [0.2, 0.25) is 0 Å². The van der Waals surface area contributed by atoms with Crippen molar-refractivity contribution in [3.05, 3.63) is 60.2 Å². The molecule has 154 valence electrons. The lowest BCUT2D eigenvalue weighted by Crippen LogP contribution is -2.50. The van der Waals surface area contributed by atoms with Gasteiger partial charge in [-0.1, -0.05) is 18.2 Å². The molecular formula is C20H23N3O5S. The number of benzene rings is 2. The maximum Gasteiger partial charge on any atom is 0.255 e. The zero-order valence-electron chi connectivity index (χ0n) is 15.7. The van der Waals surface area contributed by atoms with Crippen LogP contribution < -0.4 is 16.1 Å². The maximum atomic E-state index is 12.9. The number of nitrogens with one attached hydrogen (secondary N) is 3. The number of amides is 2. The van der Waals surface area contributed by atoms with Crippen molar-refractivity contribution in [1.82, 2.24) is 10.8 Å². The fraction of sp³-hybridized carbons (Fsp3) is 0.300. The molecule has 0 unspecified atom stereocenters. The molecule has 0 aliphatic carbocycles. The third-order valence-corrected chi connectivity index (χ3v) is 7.04. The summed E-state index contributed by atoms with van der Waals surface area (Å²) in [7, 11) is -3.78. The van der Waals surface area contributed by atoms with Crippen LogP contribution in [0, 0.1) is 5.41 Å². The first-order valence-corrected chi connectivity index (χ1v) is 10.9. The summed E-state index contributed by atoms with van der Waals surface area (Å²) in [4.78, 5) is 24.5. The highest BCUT2D eigenvalue weighted by atomic mass is 32.2. The van der Waals surface area contributed by atoms with E-state index in [9.17, 15) is 18.0 Å². The normalized spacial score (nSPS) is 16.0. The molecule has 0 aromatic heterocycles. The lowest BCUT2D eigenvalue weighted by Gasteiger charge is -2.34. The van der Waals surface area contributed by atoms with Crippen molar-refractivity contribution in [2.24, 2.45) is 5.41 Å². The van der Waals surface area contributed by atoms with Crippen LogP contribution in [0.15, 0.2) is 59.5 Å². The van der Waals surface area contributed by atoms with Crippen molar-refractivity contribution in [2.45, 2.75) is 17.7 Å². The van der Waals surface area contributed by atoms with Crippen LogP contribution in [0.25, 0.3) is 0 Å². The van der Waals surface area contributed by atoms with E-state index < -0.39 is 26.9 Å². The van der Waals surface area contributed by atoms with Crippen LogP contribution in [-0.4, -0.2) is 44.3 Å². The second-order valence-electron chi connectivity index (χ2n) is 7.07. The molecule has 0 atom stereocenters. The Morgan fingerprint density at radius 1 is 1.00 bits per heavy atom. The molecule has 29 heavy (non-hydrogen) atoms. The summed E-state index contributed by atoms with van der Waals surface area (Å²) < 4.78 is 25.8. The van der Waals surface area contributed by atoms with Gasteiger partial charge in [-0.25, -0.2) is 13.9 Å². The summed E-state index contributed by atoms with van der Waals surface area (Å²) in [5, 5.41) is 14.9. The predicted octanol–water partition coefficient (Wildman–Crippen LogP) is 1.59. The SMILES string of the molecule is O=C(Nc1ccc(S(=O)(=O)CC2(C(=O)NO)CCNCC2)cc1)c1ccccc1. The fourth-order valence-electron chi connectivity index (χ4n) is 3.45. The van der Waals surface area contributed by atoms with Crippen molar-refractivity contribution >= 4 is 27.3 Å². The Labute approximate surface area is 169 Å². The Hall–Kier alpha value is -2.75. The molecule has 9 heteroatoms. The van der Waals surface area contributed by atoms with Gasteiger partial charge in [-0.2, -0.15) is 0 Å². The Kier molecular flexibility index (Phi) is 6.31. The number of rotatable bonds is 6. The minimum Gasteiger partial charge on any atom is -0.322 e. The van der Waals surface area contributed by atoms with Crippen molar-refractivity contribution in [3.63, 3.8) is 0 Å². The van der Waals surface area contributed by atoms with E-state index in [1.54, 1.807) is 29.7 Å². The summed E-state index contributed by atoms with van der Waals surface area (Å²) in [5.41, 5.74) is 1.39. The highest BCUT2D eigenvalue weighted by molar-refractivity contribution is 7.91. The lowest BCUT2D eigenvalue weighted by atomic mass is 9.80. The Morgan fingerprint density at radius 2 is 1.62 bits per heavy atom. The van der Waals surface area contributed by atoms with Gasteiger partial charge in [0.15, 0.2) is 9.84 Å². The van der Waals surface area contributed by atoms with Gasteiger partial charge < -0.3 is 10.6 Å². The first kappa shape index (κ1) is 21.0. The van der Waals surface area contributed by atoms with Gasteiger partial charge in [0.25, 0.3) is 11.8 Å². The monoisotopic (exact) mass is 417 g/mol. The number of piperidine rings is 1. The second kappa shape index (κ2) is 8.73. The van der Waals surface area contributed by atoms with E-state index in [2.05, 4.69) is 10.6 Å². The van der Waals surface area contributed by atoms with E-state index in [0.717, 1.165) is 0 Å². The standard InChI is InChI=1S/C20H23N3O5S/c24-18(15-4-2-1-3-5-15)22-16-6-8-17(9-7-16)29(27,28)14-20(19(25)23-26)10-12-21-13-11-20/h1-9,21,26H,10-14H2,(H,22,24)(H,23,25). The van der Waals surface area contributed by atoms with Crippen LogP contribution in [0.1, 0.15) is 23.2 Å². The molecule has 0 spiro atoms. The molecule has 8 nitrogen and oxygen atoms in total. The molecule has 2 amide bonds. The van der Waals surface area contributed by atoms with Crippen molar-refractivity contribution < 1.29 is 23.2 Å². The van der Waals surface area contributed by atoms with Crippen LogP contribution in [0.2, 0.25) is 0 Å². The molecule has 0 bridgehead atoms. The maximum absolute atomic E-state index is 12.9. The van der Waals surface area contributed by atoms with E-state index in [0.29, 0.717) is 37.2 Å². The first-order valence-electron chi connectivity index (χ1n) is 9.21. The number of hydrogen-bond acceptors (Lipinski definition) is 6. The summed E-state index contributed by atoms with van der Waals surface area (Å²) in [6.45, 7) is 0.987. The van der Waals surface area contributed by atoms with Gasteiger partial charge in [0.1, 0.15) is 0 Å². The number of anilines is 1. The molecule has 3 rings (SSSR count). The molecule has 0 saturated carbocycles. The summed E-state index contributed by atoms with van der Waals surface area (Å²) in [5.74, 6) is -1.38. The van der Waals surface area contributed by atoms with Gasteiger partial charge in [-0.15, -0.1) is 0 Å². The summed E-state index contributed by atoms with van der Waals surface area (Å²) in [6, 6.07) is 14.5. The minimum atomic E-state index is -3.78. The van der Waals surface area contributed by atoms with E-state index in [-0.39, 0.29) is 10.8 Å². The number of hydrogen-bond donors (Lipinski definition) is 4. The molecule has 1 heterocycles. The topological polar surface area (TPSA) is 125 Å². The van der Waals surface area contributed by atoms with E-state index in [1.165, 1.54) is 24.3 Å². The molecule has 0 radical (unpaired) electrons. The predicted molar refractivity (Wildman–Crippen MR) is 107 cm³/mol. The average Bonchev–Trinajstić information content (AvgIpc) is 2.74. The van der Waals surface area contributed by atoms with Crippen LogP contribution in [0.4, 0.5) is 5.69 Å². The van der Waals surface area contributed by atoms with Crippen molar-refractivity contribution in [1.29, 1.82) is 0 Å². The number of carbonyl (C=O) groups is 2. The van der Waals surface area contributed by atoms with Gasteiger partial charge in [-0.05, 0) is 62.3 Å². The molecule has 2 aromatic carbocycles. The van der Waals surface area contributed by atoms with Crippen molar-refractivity contribution in [2.75, 3.05) is 24.2 Å². The highest BCUT2D eigenvalue weighted by Gasteiger charge is 2.43. The average molecular weight is 417 g/mol. The second-order valence-corrected chi connectivity index (χ2v) is 9.06. The molecule has 1 aliphatic rings. The Balaban J connectivity index is 1.75. The van der Waals surface area contributed by atoms with Crippen LogP contribution in [-0.2, 0) is 14.6 Å². The summed E-state index contributed by atoms with van der Waals surface area (Å²) in [6.07, 6.45) is 0.619. The van der Waals surface area contributed by atoms with Crippen LogP contribution >= 0.6 is 0 Å². The molecule has 1 aliphatic heterocycles. The van der Waals surface area contributed by atoms with Crippen LogP contribution in [0.5, 0.6) is 0 Å². The molecule has 1 fully saturated rings. The molecular weight excluding hydrogens is 394 g/mol.